The quantitative estimate of drug-likeness (QED) is 0.382. The molecule has 0 heterocycles. The molecule has 0 aliphatic carbocycles. The minimum Gasteiger partial charge on any atom is -0.497 e. The Balaban J connectivity index is 0.000000705. The smallest absolute Gasteiger partial charge is 0.119 e. The molecule has 0 spiro atoms. The summed E-state index contributed by atoms with van der Waals surface area (Å²) in [6, 6.07) is 16.4. The summed E-state index contributed by atoms with van der Waals surface area (Å²) >= 11 is 0. The zero-order valence-electron chi connectivity index (χ0n) is 16.2. The van der Waals surface area contributed by atoms with Gasteiger partial charge in [0.25, 0.3) is 0 Å². The average molecular weight is 341 g/mol. The van der Waals surface area contributed by atoms with Crippen molar-refractivity contribution in [1.29, 1.82) is 0 Å². The van der Waals surface area contributed by atoms with Gasteiger partial charge in [0.15, 0.2) is 0 Å². The highest BCUT2D eigenvalue weighted by molar-refractivity contribution is 5.67. The molecule has 0 N–H and O–H groups in total. The fraction of sp³-hybridized carbons (Fsp3) is 0.391. The lowest BCUT2D eigenvalue weighted by Crippen LogP contribution is -1.95. The summed E-state index contributed by atoms with van der Waals surface area (Å²) in [5.41, 5.74) is 3.34. The summed E-state index contributed by atoms with van der Waals surface area (Å²) in [5, 5.41) is 0. The number of methoxy groups -OCH3 is 1. The van der Waals surface area contributed by atoms with Crippen molar-refractivity contribution in [1.82, 2.24) is 0 Å². The SMILES string of the molecule is C=C(OC)c1ccc(-c2ccc(OCCCC)cc2)cc1.CCCC. The first-order chi connectivity index (χ1) is 12.2. The van der Waals surface area contributed by atoms with Gasteiger partial charge in [-0.05, 0) is 29.7 Å². The van der Waals surface area contributed by atoms with E-state index in [4.69, 9.17) is 9.47 Å². The molecule has 25 heavy (non-hydrogen) atoms. The second-order valence-corrected chi connectivity index (χ2v) is 5.93. The topological polar surface area (TPSA) is 18.5 Å². The molecule has 2 nitrogen and oxygen atoms in total. The number of ether oxygens (including phenoxy) is 2. The molecule has 2 aromatic carbocycles. The number of unbranched alkanes of at least 4 members (excludes halogenated alkanes) is 2. The monoisotopic (exact) mass is 340 g/mol. The Morgan fingerprint density at radius 2 is 1.32 bits per heavy atom. The van der Waals surface area contributed by atoms with E-state index in [1.165, 1.54) is 24.0 Å². The molecule has 0 radical (unpaired) electrons. The molecule has 0 amide bonds. The van der Waals surface area contributed by atoms with Crippen molar-refractivity contribution < 1.29 is 9.47 Å². The van der Waals surface area contributed by atoms with Crippen LogP contribution in [0, 0.1) is 0 Å². The molecule has 0 aliphatic heterocycles. The standard InChI is InChI=1S/C19H22O2.C4H10/c1-4-5-14-21-19-12-10-18(11-13-19)17-8-6-16(7-9-17)15(2)20-3;1-3-4-2/h6-13H,2,4-5,14H2,1,3H3;3-4H2,1-2H3. The van der Waals surface area contributed by atoms with Crippen molar-refractivity contribution in [3.63, 3.8) is 0 Å². The number of benzene rings is 2. The summed E-state index contributed by atoms with van der Waals surface area (Å²) < 4.78 is 10.8. The summed E-state index contributed by atoms with van der Waals surface area (Å²) in [7, 11) is 1.63. The summed E-state index contributed by atoms with van der Waals surface area (Å²) in [4.78, 5) is 0. The van der Waals surface area contributed by atoms with Crippen LogP contribution in [0.5, 0.6) is 5.75 Å². The minimum atomic E-state index is 0.682. The summed E-state index contributed by atoms with van der Waals surface area (Å²) in [5.74, 6) is 1.61. The van der Waals surface area contributed by atoms with Crippen LogP contribution in [0.15, 0.2) is 55.1 Å². The van der Waals surface area contributed by atoms with Crippen molar-refractivity contribution in [3.8, 4) is 16.9 Å². The second kappa shape index (κ2) is 12.2. The van der Waals surface area contributed by atoms with E-state index in [0.717, 1.165) is 30.8 Å². The molecular weight excluding hydrogens is 308 g/mol. The van der Waals surface area contributed by atoms with Crippen molar-refractivity contribution in [2.45, 2.75) is 46.5 Å². The van der Waals surface area contributed by atoms with Gasteiger partial charge in [0.2, 0.25) is 0 Å². The molecule has 0 aliphatic rings. The Bertz CT molecular complexity index is 595. The van der Waals surface area contributed by atoms with Crippen LogP contribution >= 0.6 is 0 Å². The maximum atomic E-state index is 5.67. The predicted molar refractivity (Wildman–Crippen MR) is 109 cm³/mol. The Hall–Kier alpha value is -2.22. The van der Waals surface area contributed by atoms with Gasteiger partial charge in [0.05, 0.1) is 13.7 Å². The van der Waals surface area contributed by atoms with E-state index in [1.54, 1.807) is 7.11 Å². The van der Waals surface area contributed by atoms with Gasteiger partial charge >= 0.3 is 0 Å². The third-order valence-corrected chi connectivity index (χ3v) is 3.91. The Labute approximate surface area is 153 Å². The van der Waals surface area contributed by atoms with Crippen LogP contribution < -0.4 is 4.74 Å². The molecule has 0 fully saturated rings. The number of hydrogen-bond acceptors (Lipinski definition) is 2. The Kier molecular flexibility index (Phi) is 10.2. The van der Waals surface area contributed by atoms with Gasteiger partial charge in [-0.25, -0.2) is 0 Å². The van der Waals surface area contributed by atoms with Crippen molar-refractivity contribution in [3.05, 3.63) is 60.7 Å². The fourth-order valence-electron chi connectivity index (χ4n) is 2.04. The van der Waals surface area contributed by atoms with Crippen LogP contribution in [0.4, 0.5) is 0 Å². The van der Waals surface area contributed by atoms with Gasteiger partial charge in [-0.1, -0.05) is 83.0 Å². The molecule has 136 valence electrons. The molecule has 2 rings (SSSR count). The molecule has 0 aromatic heterocycles. The average Bonchev–Trinajstić information content (AvgIpc) is 2.68. The van der Waals surface area contributed by atoms with E-state index in [9.17, 15) is 0 Å². The van der Waals surface area contributed by atoms with E-state index in [-0.39, 0.29) is 0 Å². The van der Waals surface area contributed by atoms with Gasteiger partial charge in [-0.3, -0.25) is 0 Å². The maximum absolute atomic E-state index is 5.67. The van der Waals surface area contributed by atoms with E-state index >= 15 is 0 Å². The normalized spacial score (nSPS) is 9.76. The van der Waals surface area contributed by atoms with E-state index in [0.29, 0.717) is 5.76 Å². The maximum Gasteiger partial charge on any atom is 0.119 e. The molecule has 2 aromatic rings. The number of rotatable bonds is 8. The van der Waals surface area contributed by atoms with Crippen molar-refractivity contribution in [2.24, 2.45) is 0 Å². The van der Waals surface area contributed by atoms with Crippen LogP contribution in [-0.2, 0) is 4.74 Å². The van der Waals surface area contributed by atoms with E-state index in [2.05, 4.69) is 51.6 Å². The molecule has 2 heteroatoms. The zero-order valence-corrected chi connectivity index (χ0v) is 16.2. The highest BCUT2D eigenvalue weighted by Gasteiger charge is 2.01. The van der Waals surface area contributed by atoms with Crippen LogP contribution in [0.1, 0.15) is 52.0 Å². The molecular formula is C23H32O2. The van der Waals surface area contributed by atoms with Crippen molar-refractivity contribution in [2.75, 3.05) is 13.7 Å². The first-order valence-electron chi connectivity index (χ1n) is 9.22. The third kappa shape index (κ3) is 7.47. The molecule has 0 unspecified atom stereocenters. The molecule has 0 saturated carbocycles. The van der Waals surface area contributed by atoms with E-state index in [1.807, 2.05) is 24.3 Å². The molecule has 0 atom stereocenters. The van der Waals surface area contributed by atoms with Crippen LogP contribution in [0.25, 0.3) is 16.9 Å². The Morgan fingerprint density at radius 3 is 1.76 bits per heavy atom. The Morgan fingerprint density at radius 1 is 0.800 bits per heavy atom. The summed E-state index contributed by atoms with van der Waals surface area (Å²) in [6.07, 6.45) is 4.88. The van der Waals surface area contributed by atoms with E-state index < -0.39 is 0 Å². The van der Waals surface area contributed by atoms with Crippen molar-refractivity contribution >= 4 is 5.76 Å². The van der Waals surface area contributed by atoms with Crippen LogP contribution in [-0.4, -0.2) is 13.7 Å². The second-order valence-electron chi connectivity index (χ2n) is 5.93. The van der Waals surface area contributed by atoms with Gasteiger partial charge in [-0.2, -0.15) is 0 Å². The minimum absolute atomic E-state index is 0.682. The largest absolute Gasteiger partial charge is 0.497 e. The fourth-order valence-corrected chi connectivity index (χ4v) is 2.04. The first-order valence-corrected chi connectivity index (χ1v) is 9.22. The highest BCUT2D eigenvalue weighted by atomic mass is 16.5. The predicted octanol–water partition coefficient (Wildman–Crippen LogP) is 6.96. The van der Waals surface area contributed by atoms with Crippen LogP contribution in [0.3, 0.4) is 0 Å². The zero-order chi connectivity index (χ0) is 18.5. The lowest BCUT2D eigenvalue weighted by molar-refractivity contribution is 0.309. The molecule has 0 saturated heterocycles. The third-order valence-electron chi connectivity index (χ3n) is 3.91. The lowest BCUT2D eigenvalue weighted by atomic mass is 10.0. The van der Waals surface area contributed by atoms with Gasteiger partial charge in [0.1, 0.15) is 11.5 Å². The number of hydrogen-bond donors (Lipinski definition) is 0. The highest BCUT2D eigenvalue weighted by Crippen LogP contribution is 2.24. The first kappa shape index (κ1) is 20.8. The molecule has 0 bridgehead atoms. The van der Waals surface area contributed by atoms with Gasteiger partial charge in [0, 0.05) is 5.56 Å². The van der Waals surface area contributed by atoms with Gasteiger partial charge < -0.3 is 9.47 Å². The van der Waals surface area contributed by atoms with Gasteiger partial charge in [-0.15, -0.1) is 0 Å². The van der Waals surface area contributed by atoms with Crippen LogP contribution in [0.2, 0.25) is 0 Å². The summed E-state index contributed by atoms with van der Waals surface area (Å²) in [6.45, 7) is 11.2. The lowest BCUT2D eigenvalue weighted by Gasteiger charge is -2.08.